The zero-order chi connectivity index (χ0) is 18.7. The summed E-state index contributed by atoms with van der Waals surface area (Å²) in [6.45, 7) is 4.70. The van der Waals surface area contributed by atoms with Crippen LogP contribution in [0.25, 0.3) is 27.4 Å². The number of aromatic nitrogens is 1. The Morgan fingerprint density at radius 3 is 2.42 bits per heavy atom. The van der Waals surface area contributed by atoms with E-state index in [-0.39, 0.29) is 17.8 Å². The van der Waals surface area contributed by atoms with E-state index in [1.165, 1.54) is 0 Å². The molecule has 5 heteroatoms. The third kappa shape index (κ3) is 2.70. The van der Waals surface area contributed by atoms with Crippen molar-refractivity contribution in [1.29, 1.82) is 10.5 Å². The predicted molar refractivity (Wildman–Crippen MR) is 99.9 cm³/mol. The molecule has 0 spiro atoms. The van der Waals surface area contributed by atoms with E-state index in [9.17, 15) is 15.3 Å². The summed E-state index contributed by atoms with van der Waals surface area (Å²) in [5.74, 6) is -0.775. The first-order chi connectivity index (χ1) is 12.7. The Morgan fingerprint density at radius 2 is 1.77 bits per heavy atom. The number of para-hydroxylation sites is 1. The number of rotatable bonds is 4. The fraction of sp³-hybridized carbons (Fsp3) is 0.190. The molecule has 0 amide bonds. The number of nitrogens with zero attached hydrogens (tertiary/aromatic N) is 3. The molecule has 0 atom stereocenters. The lowest BCUT2D eigenvalue weighted by Crippen LogP contribution is -2.08. The molecule has 0 aliphatic heterocycles. The van der Waals surface area contributed by atoms with Crippen LogP contribution >= 0.6 is 0 Å². The van der Waals surface area contributed by atoms with E-state index in [4.69, 9.17) is 4.74 Å². The van der Waals surface area contributed by atoms with Crippen molar-refractivity contribution in [1.82, 2.24) is 4.57 Å². The number of carbonyl (C=O) groups is 1. The van der Waals surface area contributed by atoms with Gasteiger partial charge in [0.15, 0.2) is 5.57 Å². The van der Waals surface area contributed by atoms with Crippen LogP contribution in [-0.2, 0) is 16.1 Å². The van der Waals surface area contributed by atoms with Crippen molar-refractivity contribution in [3.8, 4) is 12.1 Å². The van der Waals surface area contributed by atoms with Gasteiger partial charge in [0.1, 0.15) is 12.1 Å². The van der Waals surface area contributed by atoms with E-state index in [2.05, 4.69) is 17.6 Å². The molecule has 0 saturated carbocycles. The summed E-state index contributed by atoms with van der Waals surface area (Å²) in [6.07, 6.45) is 0. The van der Waals surface area contributed by atoms with Gasteiger partial charge in [0, 0.05) is 28.4 Å². The monoisotopic (exact) mass is 343 g/mol. The molecule has 3 aromatic rings. The van der Waals surface area contributed by atoms with Crippen molar-refractivity contribution >= 4 is 33.3 Å². The summed E-state index contributed by atoms with van der Waals surface area (Å²) in [6, 6.07) is 17.4. The molecule has 0 radical (unpaired) electrons. The minimum absolute atomic E-state index is 0.0289. The Bertz CT molecular complexity index is 1120. The average molecular weight is 343 g/mol. The van der Waals surface area contributed by atoms with Crippen LogP contribution in [0.5, 0.6) is 0 Å². The van der Waals surface area contributed by atoms with Crippen LogP contribution in [0.3, 0.4) is 0 Å². The largest absolute Gasteiger partial charge is 0.462 e. The molecule has 0 aliphatic carbocycles. The Hall–Kier alpha value is -3.57. The van der Waals surface area contributed by atoms with Crippen molar-refractivity contribution in [2.75, 3.05) is 6.61 Å². The molecule has 2 aromatic carbocycles. The molecular weight excluding hydrogens is 326 g/mol. The Balaban J connectivity index is 2.29. The molecule has 0 bridgehead atoms. The minimum Gasteiger partial charge on any atom is -0.462 e. The number of allylic oxidation sites excluding steroid dienone is 1. The number of esters is 1. The Kier molecular flexibility index (Phi) is 4.73. The van der Waals surface area contributed by atoms with Crippen LogP contribution in [-0.4, -0.2) is 17.1 Å². The van der Waals surface area contributed by atoms with Gasteiger partial charge in [-0.25, -0.2) is 4.79 Å². The second-order valence-corrected chi connectivity index (χ2v) is 5.69. The average Bonchev–Trinajstić information content (AvgIpc) is 2.99. The summed E-state index contributed by atoms with van der Waals surface area (Å²) >= 11 is 0. The van der Waals surface area contributed by atoms with Crippen molar-refractivity contribution in [3.63, 3.8) is 0 Å². The number of carbonyl (C=O) groups excluding carboxylic acids is 1. The van der Waals surface area contributed by atoms with Gasteiger partial charge >= 0.3 is 5.97 Å². The summed E-state index contributed by atoms with van der Waals surface area (Å²) in [5.41, 5.74) is 2.44. The summed E-state index contributed by atoms with van der Waals surface area (Å²) in [5, 5.41) is 21.0. The van der Waals surface area contributed by atoms with Crippen LogP contribution in [0, 0.1) is 22.7 Å². The van der Waals surface area contributed by atoms with Gasteiger partial charge in [-0.2, -0.15) is 10.5 Å². The lowest BCUT2D eigenvalue weighted by molar-refractivity contribution is -0.137. The van der Waals surface area contributed by atoms with E-state index in [1.54, 1.807) is 13.0 Å². The molecule has 26 heavy (non-hydrogen) atoms. The Labute approximate surface area is 151 Å². The number of hydrogen-bond donors (Lipinski definition) is 0. The number of aryl methyl sites for hydroxylation is 1. The van der Waals surface area contributed by atoms with Gasteiger partial charge in [0.2, 0.25) is 0 Å². The van der Waals surface area contributed by atoms with Gasteiger partial charge in [-0.05, 0) is 37.6 Å². The molecule has 0 N–H and O–H groups in total. The molecule has 0 fully saturated rings. The first-order valence-corrected chi connectivity index (χ1v) is 8.39. The van der Waals surface area contributed by atoms with Gasteiger partial charge < -0.3 is 9.30 Å². The molecule has 0 saturated heterocycles. The Morgan fingerprint density at radius 1 is 1.04 bits per heavy atom. The predicted octanol–water partition coefficient (Wildman–Crippen LogP) is 4.18. The molecule has 128 valence electrons. The van der Waals surface area contributed by atoms with Gasteiger partial charge in [-0.15, -0.1) is 0 Å². The first kappa shape index (κ1) is 17.3. The molecule has 0 aliphatic rings. The van der Waals surface area contributed by atoms with E-state index >= 15 is 0 Å². The van der Waals surface area contributed by atoms with Crippen LogP contribution < -0.4 is 0 Å². The number of benzene rings is 2. The number of ether oxygens (including phenoxy) is 1. The third-order valence-corrected chi connectivity index (χ3v) is 4.33. The molecule has 5 nitrogen and oxygen atoms in total. The van der Waals surface area contributed by atoms with Crippen molar-refractivity contribution in [2.45, 2.75) is 20.4 Å². The fourth-order valence-corrected chi connectivity index (χ4v) is 3.22. The second-order valence-electron chi connectivity index (χ2n) is 5.69. The quantitative estimate of drug-likeness (QED) is 0.404. The SMILES string of the molecule is CCOC(=O)/C(C#N)=C(\C#N)c1ccc2c(c1)c1ccccc1n2CC. The molecule has 0 unspecified atom stereocenters. The highest BCUT2D eigenvalue weighted by molar-refractivity contribution is 6.11. The van der Waals surface area contributed by atoms with Gasteiger partial charge in [-0.1, -0.05) is 24.3 Å². The van der Waals surface area contributed by atoms with E-state index < -0.39 is 5.97 Å². The van der Waals surface area contributed by atoms with E-state index in [1.807, 2.05) is 42.5 Å². The lowest BCUT2D eigenvalue weighted by Gasteiger charge is -2.06. The summed E-state index contributed by atoms with van der Waals surface area (Å²) < 4.78 is 7.10. The minimum atomic E-state index is -0.775. The highest BCUT2D eigenvalue weighted by Crippen LogP contribution is 2.32. The van der Waals surface area contributed by atoms with Crippen molar-refractivity contribution in [3.05, 3.63) is 53.6 Å². The lowest BCUT2D eigenvalue weighted by atomic mass is 9.99. The maximum absolute atomic E-state index is 12.0. The topological polar surface area (TPSA) is 78.8 Å². The van der Waals surface area contributed by atoms with Crippen LogP contribution in [0.1, 0.15) is 19.4 Å². The number of hydrogen-bond acceptors (Lipinski definition) is 4. The highest BCUT2D eigenvalue weighted by Gasteiger charge is 2.19. The summed E-state index contributed by atoms with van der Waals surface area (Å²) in [7, 11) is 0. The molecule has 1 heterocycles. The molecule has 3 rings (SSSR count). The number of nitriles is 2. The van der Waals surface area contributed by atoms with Gasteiger partial charge in [0.25, 0.3) is 0 Å². The van der Waals surface area contributed by atoms with Crippen LogP contribution in [0.4, 0.5) is 0 Å². The second kappa shape index (κ2) is 7.13. The normalized spacial score (nSPS) is 11.7. The maximum atomic E-state index is 12.0. The zero-order valence-corrected chi connectivity index (χ0v) is 14.6. The van der Waals surface area contributed by atoms with Crippen molar-refractivity contribution < 1.29 is 9.53 Å². The van der Waals surface area contributed by atoms with E-state index in [0.717, 1.165) is 28.4 Å². The first-order valence-electron chi connectivity index (χ1n) is 8.39. The van der Waals surface area contributed by atoms with E-state index in [0.29, 0.717) is 5.56 Å². The zero-order valence-electron chi connectivity index (χ0n) is 14.6. The molecular formula is C21H17N3O2. The smallest absolute Gasteiger partial charge is 0.350 e. The maximum Gasteiger partial charge on any atom is 0.350 e. The molecule has 1 aromatic heterocycles. The van der Waals surface area contributed by atoms with Crippen LogP contribution in [0.15, 0.2) is 48.0 Å². The van der Waals surface area contributed by atoms with Crippen LogP contribution in [0.2, 0.25) is 0 Å². The standard InChI is InChI=1S/C21H17N3O2/c1-3-24-19-8-6-5-7-15(19)16-11-14(9-10-20(16)24)17(12-22)18(13-23)21(25)26-4-2/h5-11H,3-4H2,1-2H3/b18-17+. The third-order valence-electron chi connectivity index (χ3n) is 4.33. The fourth-order valence-electron chi connectivity index (χ4n) is 3.22. The highest BCUT2D eigenvalue weighted by atomic mass is 16.5. The van der Waals surface area contributed by atoms with Crippen molar-refractivity contribution in [2.24, 2.45) is 0 Å². The number of fused-ring (bicyclic) bond motifs is 3. The van der Waals surface area contributed by atoms with Gasteiger partial charge in [-0.3, -0.25) is 0 Å². The van der Waals surface area contributed by atoms with Gasteiger partial charge in [0.05, 0.1) is 12.2 Å². The summed E-state index contributed by atoms with van der Waals surface area (Å²) in [4.78, 5) is 12.0.